The molecule has 3 amide bonds. The molecule has 2 bridgehead atoms. The van der Waals surface area contributed by atoms with Crippen molar-refractivity contribution in [2.45, 2.75) is 82.5 Å². The van der Waals surface area contributed by atoms with Crippen molar-refractivity contribution in [3.63, 3.8) is 0 Å². The summed E-state index contributed by atoms with van der Waals surface area (Å²) in [6.07, 6.45) is 6.28. The van der Waals surface area contributed by atoms with Gasteiger partial charge in [-0.3, -0.25) is 14.4 Å². The van der Waals surface area contributed by atoms with Crippen molar-refractivity contribution in [2.24, 2.45) is 11.8 Å². The van der Waals surface area contributed by atoms with E-state index in [2.05, 4.69) is 17.6 Å². The molecule has 8 nitrogen and oxygen atoms in total. The largest absolute Gasteiger partial charge is 0.396 e. The van der Waals surface area contributed by atoms with Crippen LogP contribution in [-0.4, -0.2) is 64.7 Å². The smallest absolute Gasteiger partial charge is 0.245 e. The third kappa shape index (κ3) is 4.70. The summed E-state index contributed by atoms with van der Waals surface area (Å²) < 4.78 is 6.61. The Morgan fingerprint density at radius 2 is 1.86 bits per heavy atom. The number of carbonyl (C=O) groups is 3. The highest BCUT2D eigenvalue weighted by Crippen LogP contribution is 2.63. The van der Waals surface area contributed by atoms with Crippen LogP contribution >= 0.6 is 0 Å². The Morgan fingerprint density at radius 3 is 2.57 bits per heavy atom. The molecule has 3 fully saturated rings. The number of ether oxygens (including phenoxy) is 1. The fourth-order valence-electron chi connectivity index (χ4n) is 6.36. The maximum Gasteiger partial charge on any atom is 0.245 e. The number of likely N-dealkylation sites (tertiary alicyclic amines) is 1. The molecule has 3 heterocycles. The first-order valence-electron chi connectivity index (χ1n) is 13.1. The van der Waals surface area contributed by atoms with Gasteiger partial charge in [0.1, 0.15) is 11.6 Å². The highest BCUT2D eigenvalue weighted by Gasteiger charge is 2.77. The molecule has 1 aromatic rings. The van der Waals surface area contributed by atoms with Crippen LogP contribution < -0.4 is 10.6 Å². The molecule has 0 aromatic heterocycles. The molecule has 0 saturated carbocycles. The fraction of sp³-hybridized carbons (Fsp3) is 0.667. The molecule has 35 heavy (non-hydrogen) atoms. The van der Waals surface area contributed by atoms with Gasteiger partial charge in [-0.25, -0.2) is 0 Å². The SMILES string of the molecule is CCCCCNC(=O)C1N(CCCCCO)C(=O)[C@@H]2[C@@H](C(=O)Nc3ccccc3)[C@@]3(C)CCC12O3. The van der Waals surface area contributed by atoms with Gasteiger partial charge in [-0.1, -0.05) is 38.0 Å². The van der Waals surface area contributed by atoms with Gasteiger partial charge < -0.3 is 25.4 Å². The number of hydrogen-bond acceptors (Lipinski definition) is 5. The van der Waals surface area contributed by atoms with Crippen LogP contribution in [0.2, 0.25) is 0 Å². The van der Waals surface area contributed by atoms with Crippen molar-refractivity contribution in [3.05, 3.63) is 30.3 Å². The lowest BCUT2D eigenvalue weighted by Gasteiger charge is -2.33. The summed E-state index contributed by atoms with van der Waals surface area (Å²) in [5.74, 6) is -1.94. The average Bonchev–Trinajstić information content (AvgIpc) is 3.41. The maximum atomic E-state index is 13.9. The number of carbonyl (C=O) groups excluding carboxylic acids is 3. The van der Waals surface area contributed by atoms with Gasteiger partial charge in [0.25, 0.3) is 0 Å². The first-order chi connectivity index (χ1) is 16.9. The Hall–Kier alpha value is -2.45. The van der Waals surface area contributed by atoms with Gasteiger partial charge in [-0.15, -0.1) is 0 Å². The second-order valence-corrected chi connectivity index (χ2v) is 10.4. The number of para-hydroxylation sites is 1. The van der Waals surface area contributed by atoms with Gasteiger partial charge in [0.2, 0.25) is 17.7 Å². The number of nitrogens with zero attached hydrogens (tertiary/aromatic N) is 1. The number of fused-ring (bicyclic) bond motifs is 1. The van der Waals surface area contributed by atoms with Crippen LogP contribution in [-0.2, 0) is 19.1 Å². The molecule has 2 unspecified atom stereocenters. The van der Waals surface area contributed by atoms with E-state index in [0.717, 1.165) is 25.7 Å². The van der Waals surface area contributed by atoms with Gasteiger partial charge in [-0.05, 0) is 57.6 Å². The molecular formula is C27H39N3O5. The highest BCUT2D eigenvalue weighted by molar-refractivity contribution is 6.02. The number of nitrogens with one attached hydrogen (secondary N) is 2. The Balaban J connectivity index is 1.60. The molecule has 0 radical (unpaired) electrons. The van der Waals surface area contributed by atoms with E-state index in [-0.39, 0.29) is 24.3 Å². The number of rotatable bonds is 12. The molecule has 1 spiro atoms. The molecule has 8 heteroatoms. The summed E-state index contributed by atoms with van der Waals surface area (Å²) in [6.45, 7) is 5.10. The minimum atomic E-state index is -0.990. The van der Waals surface area contributed by atoms with Crippen LogP contribution in [0.3, 0.4) is 0 Å². The van der Waals surface area contributed by atoms with Crippen LogP contribution in [0, 0.1) is 11.8 Å². The topological polar surface area (TPSA) is 108 Å². The minimum absolute atomic E-state index is 0.102. The Labute approximate surface area is 207 Å². The van der Waals surface area contributed by atoms with E-state index < -0.39 is 29.1 Å². The second kappa shape index (κ2) is 10.7. The Kier molecular flexibility index (Phi) is 7.81. The van der Waals surface area contributed by atoms with E-state index in [0.29, 0.717) is 44.5 Å². The van der Waals surface area contributed by atoms with E-state index >= 15 is 0 Å². The van der Waals surface area contributed by atoms with Gasteiger partial charge in [-0.2, -0.15) is 0 Å². The Bertz CT molecular complexity index is 925. The van der Waals surface area contributed by atoms with Crippen LogP contribution in [0.15, 0.2) is 30.3 Å². The molecule has 3 aliphatic heterocycles. The summed E-state index contributed by atoms with van der Waals surface area (Å²) in [7, 11) is 0. The highest BCUT2D eigenvalue weighted by atomic mass is 16.5. The van der Waals surface area contributed by atoms with Gasteiger partial charge >= 0.3 is 0 Å². The monoisotopic (exact) mass is 485 g/mol. The van der Waals surface area contributed by atoms with E-state index in [1.165, 1.54) is 0 Å². The quantitative estimate of drug-likeness (QED) is 0.395. The third-order valence-corrected chi connectivity index (χ3v) is 7.99. The van der Waals surface area contributed by atoms with E-state index in [1.807, 2.05) is 37.3 Å². The van der Waals surface area contributed by atoms with E-state index in [1.54, 1.807) is 4.90 Å². The molecule has 3 saturated heterocycles. The van der Waals surface area contributed by atoms with Crippen molar-refractivity contribution in [1.29, 1.82) is 0 Å². The number of hydrogen-bond donors (Lipinski definition) is 3. The van der Waals surface area contributed by atoms with Crippen molar-refractivity contribution in [3.8, 4) is 0 Å². The molecule has 1 aromatic carbocycles. The predicted octanol–water partition coefficient (Wildman–Crippen LogP) is 2.86. The molecule has 4 rings (SSSR count). The van der Waals surface area contributed by atoms with Crippen LogP contribution in [0.5, 0.6) is 0 Å². The summed E-state index contributed by atoms with van der Waals surface area (Å²) in [5.41, 5.74) is -1.10. The lowest BCUT2D eigenvalue weighted by atomic mass is 9.66. The van der Waals surface area contributed by atoms with Gasteiger partial charge in [0.15, 0.2) is 0 Å². The summed E-state index contributed by atoms with van der Waals surface area (Å²) >= 11 is 0. The molecule has 192 valence electrons. The number of unbranched alkanes of at least 4 members (excludes halogenated alkanes) is 4. The normalized spacial score (nSPS) is 31.0. The van der Waals surface area contributed by atoms with Gasteiger partial charge in [0.05, 0.1) is 17.4 Å². The zero-order valence-corrected chi connectivity index (χ0v) is 20.9. The van der Waals surface area contributed by atoms with E-state index in [4.69, 9.17) is 9.84 Å². The van der Waals surface area contributed by atoms with Gasteiger partial charge in [0, 0.05) is 25.4 Å². The molecular weight excluding hydrogens is 446 g/mol. The number of amides is 3. The van der Waals surface area contributed by atoms with Crippen molar-refractivity contribution < 1.29 is 24.2 Å². The maximum absolute atomic E-state index is 13.9. The zero-order chi connectivity index (χ0) is 25.1. The number of aliphatic hydroxyl groups excluding tert-OH is 1. The molecule has 3 N–H and O–H groups in total. The summed E-state index contributed by atoms with van der Waals surface area (Å²) in [4.78, 5) is 42.6. The standard InChI is InChI=1S/C27H39N3O5/c1-3-4-9-16-28-24(33)22-27-15-14-26(2,35-27)20(23(32)29-19-12-7-5-8-13-19)21(27)25(34)30(22)17-10-6-11-18-31/h5,7-8,12-13,20-22,31H,3-4,6,9-11,14-18H2,1-2H3,(H,28,33)(H,29,32)/t20-,21-,22?,26+,27?/m0/s1. The number of aliphatic hydroxyl groups is 1. The van der Waals surface area contributed by atoms with Crippen molar-refractivity contribution >= 4 is 23.4 Å². The molecule has 3 aliphatic rings. The summed E-state index contributed by atoms with van der Waals surface area (Å²) in [5, 5.41) is 15.2. The van der Waals surface area contributed by atoms with E-state index in [9.17, 15) is 14.4 Å². The third-order valence-electron chi connectivity index (χ3n) is 7.99. The average molecular weight is 486 g/mol. The minimum Gasteiger partial charge on any atom is -0.396 e. The second-order valence-electron chi connectivity index (χ2n) is 10.4. The summed E-state index contributed by atoms with van der Waals surface area (Å²) in [6, 6.07) is 8.48. The lowest BCUT2D eigenvalue weighted by Crippen LogP contribution is -2.55. The van der Waals surface area contributed by atoms with Crippen LogP contribution in [0.25, 0.3) is 0 Å². The van der Waals surface area contributed by atoms with Crippen LogP contribution in [0.4, 0.5) is 5.69 Å². The zero-order valence-electron chi connectivity index (χ0n) is 20.9. The van der Waals surface area contributed by atoms with Crippen LogP contribution in [0.1, 0.15) is 65.2 Å². The van der Waals surface area contributed by atoms with Crippen molar-refractivity contribution in [1.82, 2.24) is 10.2 Å². The first-order valence-corrected chi connectivity index (χ1v) is 13.1. The lowest BCUT2D eigenvalue weighted by molar-refractivity contribution is -0.145. The molecule has 0 aliphatic carbocycles. The first kappa shape index (κ1) is 25.6. The number of benzene rings is 1. The fourth-order valence-corrected chi connectivity index (χ4v) is 6.36. The Morgan fingerprint density at radius 1 is 1.09 bits per heavy atom. The predicted molar refractivity (Wildman–Crippen MR) is 132 cm³/mol. The van der Waals surface area contributed by atoms with Crippen molar-refractivity contribution in [2.75, 3.05) is 25.0 Å². The number of anilines is 1. The molecule has 5 atom stereocenters.